The minimum absolute atomic E-state index is 0.679. The Hall–Kier alpha value is -1.89. The van der Waals surface area contributed by atoms with Crippen molar-refractivity contribution < 1.29 is 4.18 Å². The van der Waals surface area contributed by atoms with Gasteiger partial charge in [-0.1, -0.05) is 17.7 Å². The number of nitrogens with zero attached hydrogens (tertiary/aromatic N) is 3. The maximum Gasteiger partial charge on any atom is 0.160 e. The topological polar surface area (TPSA) is 44.4 Å². The minimum atomic E-state index is 0.679. The van der Waals surface area contributed by atoms with Crippen molar-refractivity contribution in [1.82, 2.24) is 14.9 Å². The number of benzene rings is 1. The molecular weight excluding hydrogens is 356 g/mol. The van der Waals surface area contributed by atoms with Crippen LogP contribution in [0.5, 0.6) is 5.75 Å². The maximum absolute atomic E-state index is 6.24. The lowest BCUT2D eigenvalue weighted by atomic mass is 10.1. The van der Waals surface area contributed by atoms with Crippen molar-refractivity contribution in [3.8, 4) is 17.0 Å². The molecule has 0 saturated heterocycles. The second-order valence-corrected chi connectivity index (χ2v) is 6.83. The molecule has 0 aliphatic carbocycles. The molecule has 0 atom stereocenters. The van der Waals surface area contributed by atoms with Crippen LogP contribution in [0.4, 0.5) is 5.69 Å². The van der Waals surface area contributed by atoms with E-state index in [2.05, 4.69) is 52.8 Å². The van der Waals surface area contributed by atoms with Gasteiger partial charge in [0.1, 0.15) is 5.65 Å². The molecule has 0 aliphatic rings. The van der Waals surface area contributed by atoms with E-state index in [0.29, 0.717) is 10.8 Å². The third-order valence-corrected chi connectivity index (χ3v) is 4.67. The molecule has 2 aromatic heterocycles. The molecule has 5 nitrogen and oxygen atoms in total. The zero-order chi connectivity index (χ0) is 18.0. The van der Waals surface area contributed by atoms with Crippen LogP contribution in [0.1, 0.15) is 0 Å². The third-order valence-electron chi connectivity index (χ3n) is 4.14. The van der Waals surface area contributed by atoms with Gasteiger partial charge in [-0.3, -0.25) is 0 Å². The molecule has 0 radical (unpaired) electrons. The number of hydrogen-bond acceptors (Lipinski definition) is 5. The molecule has 3 rings (SSSR count). The largest absolute Gasteiger partial charge is 0.427 e. The fourth-order valence-corrected chi connectivity index (χ4v) is 3.04. The van der Waals surface area contributed by atoms with Crippen molar-refractivity contribution in [1.29, 1.82) is 0 Å². The Morgan fingerprint density at radius 1 is 1.16 bits per heavy atom. The molecule has 0 bridgehead atoms. The number of rotatable bonds is 6. The first kappa shape index (κ1) is 17.9. The summed E-state index contributed by atoms with van der Waals surface area (Å²) in [6, 6.07) is 9.84. The molecule has 0 aliphatic heterocycles. The molecule has 0 amide bonds. The number of thiol groups is 1. The van der Waals surface area contributed by atoms with Crippen molar-refractivity contribution >= 4 is 41.2 Å². The Kier molecular flexibility index (Phi) is 5.42. The highest BCUT2D eigenvalue weighted by molar-refractivity contribution is 7.75. The van der Waals surface area contributed by atoms with Gasteiger partial charge in [0.15, 0.2) is 5.75 Å². The van der Waals surface area contributed by atoms with Crippen molar-refractivity contribution in [2.75, 3.05) is 39.1 Å². The summed E-state index contributed by atoms with van der Waals surface area (Å²) < 4.78 is 5.32. The van der Waals surface area contributed by atoms with Crippen molar-refractivity contribution in [2.24, 2.45) is 0 Å². The zero-order valence-electron chi connectivity index (χ0n) is 14.5. The molecular formula is C18H21ClN4OS. The number of nitrogens with one attached hydrogen (secondary N) is 1. The summed E-state index contributed by atoms with van der Waals surface area (Å²) in [5.41, 5.74) is 3.68. The summed E-state index contributed by atoms with van der Waals surface area (Å²) in [4.78, 5) is 11.9. The fourth-order valence-electron chi connectivity index (χ4n) is 2.69. The molecule has 2 heterocycles. The second kappa shape index (κ2) is 7.56. The third kappa shape index (κ3) is 3.86. The first-order valence-corrected chi connectivity index (χ1v) is 8.69. The van der Waals surface area contributed by atoms with E-state index in [9.17, 15) is 0 Å². The number of halogens is 1. The first-order valence-electron chi connectivity index (χ1n) is 7.94. The van der Waals surface area contributed by atoms with Gasteiger partial charge in [-0.2, -0.15) is 0 Å². The number of pyridine rings is 1. The Labute approximate surface area is 158 Å². The van der Waals surface area contributed by atoms with Crippen LogP contribution in [0.3, 0.4) is 0 Å². The first-order chi connectivity index (χ1) is 12.0. The lowest BCUT2D eigenvalue weighted by Crippen LogP contribution is -2.28. The molecule has 25 heavy (non-hydrogen) atoms. The molecule has 0 saturated carbocycles. The molecule has 132 valence electrons. The minimum Gasteiger partial charge on any atom is -0.427 e. The standard InChI is InChI=1S/C18H21ClN4OS/c1-22(2)8-9-23(3)16-5-4-12(10-17(16)24-25)15-11-13-14(19)6-7-20-18(13)21-15/h4-7,10-11,25H,8-9H2,1-3H3,(H,20,21). The van der Waals surface area contributed by atoms with E-state index < -0.39 is 0 Å². The van der Waals surface area contributed by atoms with E-state index in [-0.39, 0.29) is 0 Å². The van der Waals surface area contributed by atoms with E-state index in [1.165, 1.54) is 0 Å². The zero-order valence-corrected chi connectivity index (χ0v) is 16.1. The highest BCUT2D eigenvalue weighted by Gasteiger charge is 2.13. The van der Waals surface area contributed by atoms with E-state index in [4.69, 9.17) is 15.8 Å². The van der Waals surface area contributed by atoms with Gasteiger partial charge < -0.3 is 19.0 Å². The van der Waals surface area contributed by atoms with Gasteiger partial charge in [-0.15, -0.1) is 0 Å². The van der Waals surface area contributed by atoms with Gasteiger partial charge in [0, 0.05) is 55.9 Å². The van der Waals surface area contributed by atoms with Crippen LogP contribution in [-0.4, -0.2) is 49.1 Å². The number of anilines is 1. The molecule has 1 aromatic carbocycles. The smallest absolute Gasteiger partial charge is 0.160 e. The number of aromatic amines is 1. The second-order valence-electron chi connectivity index (χ2n) is 6.24. The molecule has 0 fully saturated rings. The highest BCUT2D eigenvalue weighted by Crippen LogP contribution is 2.35. The van der Waals surface area contributed by atoms with Crippen LogP contribution in [0.2, 0.25) is 5.02 Å². The normalized spacial score (nSPS) is 11.3. The lowest BCUT2D eigenvalue weighted by Gasteiger charge is -2.23. The molecule has 7 heteroatoms. The highest BCUT2D eigenvalue weighted by atomic mass is 35.5. The van der Waals surface area contributed by atoms with Gasteiger partial charge in [0.05, 0.1) is 10.7 Å². The van der Waals surface area contributed by atoms with Gasteiger partial charge in [-0.05, 0) is 38.4 Å². The summed E-state index contributed by atoms with van der Waals surface area (Å²) in [6.45, 7) is 1.85. The van der Waals surface area contributed by atoms with Crippen LogP contribution in [0.15, 0.2) is 36.5 Å². The van der Waals surface area contributed by atoms with Gasteiger partial charge >= 0.3 is 0 Å². The Morgan fingerprint density at radius 3 is 2.64 bits per heavy atom. The SMILES string of the molecule is CN(C)CCN(C)c1ccc(-c2cc3c(Cl)ccnc3[nH]2)cc1OS. The lowest BCUT2D eigenvalue weighted by molar-refractivity contribution is 0.416. The number of fused-ring (bicyclic) bond motifs is 1. The molecule has 0 unspecified atom stereocenters. The number of likely N-dealkylation sites (N-methyl/N-ethyl adjacent to an activating group) is 2. The number of H-pyrrole nitrogens is 1. The van der Waals surface area contributed by atoms with Crippen molar-refractivity contribution in [3.63, 3.8) is 0 Å². The van der Waals surface area contributed by atoms with Gasteiger partial charge in [0.2, 0.25) is 0 Å². The van der Waals surface area contributed by atoms with Crippen LogP contribution in [-0.2, 0) is 0 Å². The van der Waals surface area contributed by atoms with E-state index in [1.807, 2.05) is 25.2 Å². The van der Waals surface area contributed by atoms with Crippen molar-refractivity contribution in [2.45, 2.75) is 0 Å². The Balaban J connectivity index is 1.93. The summed E-state index contributed by atoms with van der Waals surface area (Å²) in [5, 5.41) is 1.58. The summed E-state index contributed by atoms with van der Waals surface area (Å²) in [6.07, 6.45) is 1.69. The monoisotopic (exact) mass is 376 g/mol. The van der Waals surface area contributed by atoms with E-state index in [0.717, 1.165) is 41.1 Å². The maximum atomic E-state index is 6.24. The summed E-state index contributed by atoms with van der Waals surface area (Å²) in [7, 11) is 6.16. The number of aromatic nitrogens is 2. The van der Waals surface area contributed by atoms with E-state index >= 15 is 0 Å². The molecule has 0 spiro atoms. The predicted molar refractivity (Wildman–Crippen MR) is 108 cm³/mol. The quantitative estimate of drug-likeness (QED) is 0.502. The van der Waals surface area contributed by atoms with Crippen molar-refractivity contribution in [3.05, 3.63) is 41.6 Å². The van der Waals surface area contributed by atoms with Crippen LogP contribution >= 0.6 is 24.5 Å². The Morgan fingerprint density at radius 2 is 1.96 bits per heavy atom. The van der Waals surface area contributed by atoms with Crippen LogP contribution in [0.25, 0.3) is 22.3 Å². The van der Waals surface area contributed by atoms with Crippen LogP contribution < -0.4 is 9.08 Å². The number of hydrogen-bond donors (Lipinski definition) is 2. The molecule has 3 aromatic rings. The summed E-state index contributed by atoms with van der Waals surface area (Å²) >= 11 is 10.3. The molecule has 1 N–H and O–H groups in total. The van der Waals surface area contributed by atoms with Crippen LogP contribution in [0, 0.1) is 0 Å². The summed E-state index contributed by atoms with van der Waals surface area (Å²) in [5.74, 6) is 0.708. The Bertz CT molecular complexity index is 881. The van der Waals surface area contributed by atoms with Gasteiger partial charge in [0.25, 0.3) is 0 Å². The average molecular weight is 377 g/mol. The average Bonchev–Trinajstić information content (AvgIpc) is 3.04. The van der Waals surface area contributed by atoms with Gasteiger partial charge in [-0.25, -0.2) is 4.98 Å². The fraction of sp³-hybridized carbons (Fsp3) is 0.278. The van der Waals surface area contributed by atoms with E-state index in [1.54, 1.807) is 12.3 Å². The predicted octanol–water partition coefficient (Wildman–Crippen LogP) is 4.10.